The first-order valence-electron chi connectivity index (χ1n) is 5.87. The van der Waals surface area contributed by atoms with Gasteiger partial charge in [0.1, 0.15) is 6.10 Å². The molecule has 0 bridgehead atoms. The second-order valence-electron chi connectivity index (χ2n) is 5.58. The molecule has 2 unspecified atom stereocenters. The molecule has 0 aliphatic heterocycles. The quantitative estimate of drug-likeness (QED) is 0.727. The second kappa shape index (κ2) is 4.86. The zero-order chi connectivity index (χ0) is 11.5. The van der Waals surface area contributed by atoms with Crippen molar-refractivity contribution in [2.75, 3.05) is 0 Å². The molecule has 1 aliphatic rings. The largest absolute Gasteiger partial charge is 0.446 e. The van der Waals surface area contributed by atoms with Crippen LogP contribution in [0.2, 0.25) is 0 Å². The predicted molar refractivity (Wildman–Crippen MR) is 60.8 cm³/mol. The lowest BCUT2D eigenvalue weighted by Crippen LogP contribution is -2.43. The monoisotopic (exact) mass is 213 g/mol. The van der Waals surface area contributed by atoms with Crippen LogP contribution in [0.3, 0.4) is 0 Å². The predicted octanol–water partition coefficient (Wildman–Crippen LogP) is 3.09. The van der Waals surface area contributed by atoms with E-state index in [-0.39, 0.29) is 17.7 Å². The SMILES string of the molecule is CC1CCCCC1OC(=O)NC(C)(C)C. The highest BCUT2D eigenvalue weighted by Gasteiger charge is 2.26. The van der Waals surface area contributed by atoms with Crippen molar-refractivity contribution >= 4 is 6.09 Å². The normalized spacial score (nSPS) is 27.2. The van der Waals surface area contributed by atoms with Crippen LogP contribution in [0.1, 0.15) is 53.4 Å². The molecule has 3 nitrogen and oxygen atoms in total. The molecule has 1 rings (SSSR count). The van der Waals surface area contributed by atoms with E-state index in [9.17, 15) is 4.79 Å². The Morgan fingerprint density at radius 3 is 2.40 bits per heavy atom. The summed E-state index contributed by atoms with van der Waals surface area (Å²) in [6, 6.07) is 0. The highest BCUT2D eigenvalue weighted by Crippen LogP contribution is 2.26. The lowest BCUT2D eigenvalue weighted by Gasteiger charge is -2.30. The van der Waals surface area contributed by atoms with Gasteiger partial charge in [-0.2, -0.15) is 0 Å². The summed E-state index contributed by atoms with van der Waals surface area (Å²) < 4.78 is 5.43. The minimum atomic E-state index is -0.277. The summed E-state index contributed by atoms with van der Waals surface area (Å²) in [5.41, 5.74) is -0.213. The molecule has 0 aromatic heterocycles. The third-order valence-corrected chi connectivity index (χ3v) is 2.77. The number of carbonyl (C=O) groups excluding carboxylic acids is 1. The lowest BCUT2D eigenvalue weighted by atomic mass is 9.88. The van der Waals surface area contributed by atoms with Gasteiger partial charge in [-0.15, -0.1) is 0 Å². The Kier molecular flexibility index (Phi) is 4.00. The first-order chi connectivity index (χ1) is 6.88. The van der Waals surface area contributed by atoms with Gasteiger partial charge in [0.05, 0.1) is 0 Å². The van der Waals surface area contributed by atoms with Crippen molar-refractivity contribution in [3.63, 3.8) is 0 Å². The van der Waals surface area contributed by atoms with Gasteiger partial charge in [-0.1, -0.05) is 13.3 Å². The first kappa shape index (κ1) is 12.3. The van der Waals surface area contributed by atoms with Gasteiger partial charge in [-0.25, -0.2) is 4.79 Å². The van der Waals surface area contributed by atoms with E-state index in [0.717, 1.165) is 6.42 Å². The van der Waals surface area contributed by atoms with E-state index in [1.54, 1.807) is 0 Å². The van der Waals surface area contributed by atoms with Crippen molar-refractivity contribution in [1.82, 2.24) is 5.32 Å². The highest BCUT2D eigenvalue weighted by atomic mass is 16.6. The Bertz CT molecular complexity index is 220. The van der Waals surface area contributed by atoms with Crippen LogP contribution in [-0.2, 0) is 4.74 Å². The van der Waals surface area contributed by atoms with Crippen LogP contribution in [-0.4, -0.2) is 17.7 Å². The second-order valence-corrected chi connectivity index (χ2v) is 5.58. The number of nitrogens with one attached hydrogen (secondary N) is 1. The molecule has 0 heterocycles. The molecule has 3 heteroatoms. The first-order valence-corrected chi connectivity index (χ1v) is 5.87. The maximum atomic E-state index is 11.5. The van der Waals surface area contributed by atoms with Crippen molar-refractivity contribution in [3.05, 3.63) is 0 Å². The topological polar surface area (TPSA) is 38.3 Å². The summed E-state index contributed by atoms with van der Waals surface area (Å²) in [6.45, 7) is 8.03. The minimum Gasteiger partial charge on any atom is -0.446 e. The minimum absolute atomic E-state index is 0.112. The van der Waals surface area contributed by atoms with Crippen molar-refractivity contribution in [2.24, 2.45) is 5.92 Å². The van der Waals surface area contributed by atoms with Gasteiger partial charge in [0.25, 0.3) is 0 Å². The van der Waals surface area contributed by atoms with Crippen LogP contribution < -0.4 is 5.32 Å². The van der Waals surface area contributed by atoms with Gasteiger partial charge >= 0.3 is 6.09 Å². The van der Waals surface area contributed by atoms with Crippen LogP contribution in [0.5, 0.6) is 0 Å². The van der Waals surface area contributed by atoms with Gasteiger partial charge in [0.15, 0.2) is 0 Å². The molecule has 1 aliphatic carbocycles. The maximum absolute atomic E-state index is 11.5. The summed E-state index contributed by atoms with van der Waals surface area (Å²) in [7, 11) is 0. The third-order valence-electron chi connectivity index (χ3n) is 2.77. The van der Waals surface area contributed by atoms with E-state index in [4.69, 9.17) is 4.74 Å². The highest BCUT2D eigenvalue weighted by molar-refractivity contribution is 5.68. The van der Waals surface area contributed by atoms with Crippen molar-refractivity contribution in [3.8, 4) is 0 Å². The number of alkyl carbamates (subject to hydrolysis) is 1. The maximum Gasteiger partial charge on any atom is 0.407 e. The van der Waals surface area contributed by atoms with E-state index in [1.807, 2.05) is 20.8 Å². The van der Waals surface area contributed by atoms with Crippen molar-refractivity contribution < 1.29 is 9.53 Å². The fraction of sp³-hybridized carbons (Fsp3) is 0.917. The van der Waals surface area contributed by atoms with Crippen LogP contribution in [0.25, 0.3) is 0 Å². The van der Waals surface area contributed by atoms with Gasteiger partial charge < -0.3 is 10.1 Å². The molecule has 2 atom stereocenters. The number of hydrogen-bond donors (Lipinski definition) is 1. The molecule has 1 saturated carbocycles. The van der Waals surface area contributed by atoms with Crippen LogP contribution in [0, 0.1) is 5.92 Å². The lowest BCUT2D eigenvalue weighted by molar-refractivity contribution is 0.0397. The van der Waals surface area contributed by atoms with Crippen LogP contribution in [0.15, 0.2) is 0 Å². The van der Waals surface area contributed by atoms with Gasteiger partial charge in [-0.05, 0) is 46.0 Å². The number of hydrogen-bond acceptors (Lipinski definition) is 2. The molecule has 1 amide bonds. The molecule has 88 valence electrons. The standard InChI is InChI=1S/C12H23NO2/c1-9-7-5-6-8-10(9)15-11(14)13-12(2,3)4/h9-10H,5-8H2,1-4H3,(H,13,14). The molecule has 0 aromatic carbocycles. The number of ether oxygens (including phenoxy) is 1. The fourth-order valence-electron chi connectivity index (χ4n) is 1.93. The summed E-state index contributed by atoms with van der Waals surface area (Å²) >= 11 is 0. The summed E-state index contributed by atoms with van der Waals surface area (Å²) in [5.74, 6) is 0.504. The average molecular weight is 213 g/mol. The zero-order valence-corrected chi connectivity index (χ0v) is 10.3. The summed E-state index contributed by atoms with van der Waals surface area (Å²) in [6.07, 6.45) is 4.47. The van der Waals surface area contributed by atoms with Crippen molar-refractivity contribution in [2.45, 2.75) is 65.0 Å². The van der Waals surface area contributed by atoms with E-state index < -0.39 is 0 Å². The molecule has 0 radical (unpaired) electrons. The average Bonchev–Trinajstić information content (AvgIpc) is 2.05. The van der Waals surface area contributed by atoms with E-state index >= 15 is 0 Å². The number of rotatable bonds is 1. The van der Waals surface area contributed by atoms with Crippen molar-refractivity contribution in [1.29, 1.82) is 0 Å². The Balaban J connectivity index is 2.36. The van der Waals surface area contributed by atoms with Gasteiger partial charge in [0, 0.05) is 5.54 Å². The summed E-state index contributed by atoms with van der Waals surface area (Å²) in [4.78, 5) is 11.5. The number of amides is 1. The zero-order valence-electron chi connectivity index (χ0n) is 10.3. The molecule has 0 aromatic rings. The summed E-state index contributed by atoms with van der Waals surface area (Å²) in [5, 5.41) is 2.83. The van der Waals surface area contributed by atoms with Gasteiger partial charge in [0.2, 0.25) is 0 Å². The number of carbonyl (C=O) groups is 1. The Morgan fingerprint density at radius 1 is 1.27 bits per heavy atom. The fourth-order valence-corrected chi connectivity index (χ4v) is 1.93. The van der Waals surface area contributed by atoms with Crippen LogP contribution >= 0.6 is 0 Å². The third kappa shape index (κ3) is 4.54. The molecule has 0 saturated heterocycles. The Hall–Kier alpha value is -0.730. The smallest absolute Gasteiger partial charge is 0.407 e. The van der Waals surface area contributed by atoms with Gasteiger partial charge in [-0.3, -0.25) is 0 Å². The molecular weight excluding hydrogens is 190 g/mol. The van der Waals surface area contributed by atoms with Crippen LogP contribution in [0.4, 0.5) is 4.79 Å². The Morgan fingerprint density at radius 2 is 1.87 bits per heavy atom. The molecule has 1 fully saturated rings. The molecule has 15 heavy (non-hydrogen) atoms. The Labute approximate surface area is 92.6 Å². The van der Waals surface area contributed by atoms with E-state index in [0.29, 0.717) is 5.92 Å². The van der Waals surface area contributed by atoms with E-state index in [2.05, 4.69) is 12.2 Å². The van der Waals surface area contributed by atoms with E-state index in [1.165, 1.54) is 19.3 Å². The molecule has 1 N–H and O–H groups in total. The molecule has 0 spiro atoms. The molecular formula is C12H23NO2.